The van der Waals surface area contributed by atoms with Crippen LogP contribution < -0.4 is 0 Å². The average molecular weight is 260 g/mol. The second-order valence-electron chi connectivity index (χ2n) is 6.13. The molecule has 2 heterocycles. The minimum Gasteiger partial charge on any atom is -0.353 e. The van der Waals surface area contributed by atoms with Crippen LogP contribution in [0.3, 0.4) is 0 Å². The number of nitrogens with zero attached hydrogens (tertiary/aromatic N) is 2. The van der Waals surface area contributed by atoms with Crippen molar-refractivity contribution >= 4 is 5.78 Å². The number of carbonyl (C=O) groups excluding carboxylic acids is 1. The van der Waals surface area contributed by atoms with Crippen molar-refractivity contribution < 1.29 is 4.79 Å². The van der Waals surface area contributed by atoms with Crippen LogP contribution in [-0.4, -0.2) is 34.9 Å². The predicted molar refractivity (Wildman–Crippen MR) is 76.6 cm³/mol. The van der Waals surface area contributed by atoms with Gasteiger partial charge in [0.2, 0.25) is 0 Å². The molecule has 3 nitrogen and oxygen atoms in total. The topological polar surface area (TPSA) is 25.2 Å². The highest BCUT2D eigenvalue weighted by atomic mass is 16.1. The van der Waals surface area contributed by atoms with E-state index in [0.717, 1.165) is 37.4 Å². The van der Waals surface area contributed by atoms with Crippen molar-refractivity contribution in [3.05, 3.63) is 23.5 Å². The molecule has 1 aliphatic carbocycles. The molecule has 0 aromatic carbocycles. The van der Waals surface area contributed by atoms with Gasteiger partial charge in [-0.1, -0.05) is 6.42 Å². The molecule has 1 unspecified atom stereocenters. The van der Waals surface area contributed by atoms with Crippen molar-refractivity contribution in [2.75, 3.05) is 13.6 Å². The summed E-state index contributed by atoms with van der Waals surface area (Å²) in [5, 5.41) is 0. The van der Waals surface area contributed by atoms with Crippen molar-refractivity contribution in [2.45, 2.75) is 57.5 Å². The molecule has 19 heavy (non-hydrogen) atoms. The highest BCUT2D eigenvalue weighted by molar-refractivity contribution is 5.98. The van der Waals surface area contributed by atoms with Crippen molar-refractivity contribution in [3.8, 4) is 0 Å². The summed E-state index contributed by atoms with van der Waals surface area (Å²) in [4.78, 5) is 14.3. The van der Waals surface area contributed by atoms with E-state index in [-0.39, 0.29) is 0 Å². The molecule has 0 saturated carbocycles. The highest BCUT2D eigenvalue weighted by Gasteiger charge is 2.21. The smallest absolute Gasteiger partial charge is 0.164 e. The van der Waals surface area contributed by atoms with Gasteiger partial charge in [-0.15, -0.1) is 0 Å². The molecule has 1 atom stereocenters. The minimum atomic E-state index is 0.342. The van der Waals surface area contributed by atoms with E-state index in [1.165, 1.54) is 37.8 Å². The van der Waals surface area contributed by atoms with Gasteiger partial charge in [0.1, 0.15) is 0 Å². The summed E-state index contributed by atoms with van der Waals surface area (Å²) in [6, 6.07) is 0.726. The number of Topliss-reactive ketones (excluding diaryl/α,β-unsaturated/α-hetero) is 1. The standard InChI is InChI=1S/C16H24N2O/c1-17-9-3-2-6-14(17)8-10-18-11-13-5-4-7-16(19)15(13)12-18/h11-12,14H,2-10H2,1H3. The molecule has 104 valence electrons. The van der Waals surface area contributed by atoms with Crippen LogP contribution in [0.2, 0.25) is 0 Å². The number of aromatic nitrogens is 1. The third kappa shape index (κ3) is 2.76. The van der Waals surface area contributed by atoms with Gasteiger partial charge in [-0.2, -0.15) is 0 Å². The average Bonchev–Trinajstić information content (AvgIpc) is 2.82. The van der Waals surface area contributed by atoms with Gasteiger partial charge in [-0.25, -0.2) is 0 Å². The minimum absolute atomic E-state index is 0.342. The second-order valence-corrected chi connectivity index (χ2v) is 6.13. The van der Waals surface area contributed by atoms with Crippen molar-refractivity contribution in [1.82, 2.24) is 9.47 Å². The van der Waals surface area contributed by atoms with Crippen LogP contribution in [0.1, 0.15) is 54.4 Å². The van der Waals surface area contributed by atoms with Crippen molar-refractivity contribution in [2.24, 2.45) is 0 Å². The summed E-state index contributed by atoms with van der Waals surface area (Å²) in [6.45, 7) is 2.29. The lowest BCUT2D eigenvalue weighted by atomic mass is 9.95. The van der Waals surface area contributed by atoms with Gasteiger partial charge >= 0.3 is 0 Å². The molecule has 1 aromatic rings. The molecule has 0 spiro atoms. The fourth-order valence-electron chi connectivity index (χ4n) is 3.52. The first kappa shape index (κ1) is 12.9. The van der Waals surface area contributed by atoms with Crippen LogP contribution in [0.5, 0.6) is 0 Å². The first-order chi connectivity index (χ1) is 9.24. The lowest BCUT2D eigenvalue weighted by molar-refractivity contribution is 0.0973. The third-order valence-corrected chi connectivity index (χ3v) is 4.75. The van der Waals surface area contributed by atoms with Gasteiger partial charge in [-0.3, -0.25) is 4.79 Å². The number of rotatable bonds is 3. The van der Waals surface area contributed by atoms with Crippen LogP contribution >= 0.6 is 0 Å². The monoisotopic (exact) mass is 260 g/mol. The zero-order valence-corrected chi connectivity index (χ0v) is 11.9. The Balaban J connectivity index is 1.62. The Kier molecular flexibility index (Phi) is 3.74. The predicted octanol–water partition coefficient (Wildman–Crippen LogP) is 2.88. The van der Waals surface area contributed by atoms with Crippen molar-refractivity contribution in [1.29, 1.82) is 0 Å². The Hall–Kier alpha value is -1.09. The van der Waals surface area contributed by atoms with E-state index < -0.39 is 0 Å². The highest BCUT2D eigenvalue weighted by Crippen LogP contribution is 2.23. The third-order valence-electron chi connectivity index (χ3n) is 4.75. The van der Waals surface area contributed by atoms with Gasteiger partial charge in [0.05, 0.1) is 0 Å². The molecule has 0 radical (unpaired) electrons. The summed E-state index contributed by atoms with van der Waals surface area (Å²) in [5.41, 5.74) is 2.26. The largest absolute Gasteiger partial charge is 0.353 e. The van der Waals surface area contributed by atoms with Crippen LogP contribution in [0, 0.1) is 0 Å². The maximum Gasteiger partial charge on any atom is 0.164 e. The van der Waals surface area contributed by atoms with Gasteiger partial charge in [-0.05, 0) is 51.3 Å². The van der Waals surface area contributed by atoms with E-state index in [1.54, 1.807) is 0 Å². The van der Waals surface area contributed by atoms with E-state index in [0.29, 0.717) is 5.78 Å². The summed E-state index contributed by atoms with van der Waals surface area (Å²) in [7, 11) is 2.24. The molecule has 1 fully saturated rings. The molecule has 1 saturated heterocycles. The molecular formula is C16H24N2O. The number of hydrogen-bond donors (Lipinski definition) is 0. The molecule has 2 aliphatic rings. The van der Waals surface area contributed by atoms with Crippen LogP contribution in [0.4, 0.5) is 0 Å². The molecule has 1 aromatic heterocycles. The molecule has 0 N–H and O–H groups in total. The Morgan fingerprint density at radius 2 is 2.11 bits per heavy atom. The maximum atomic E-state index is 11.8. The number of hydrogen-bond acceptors (Lipinski definition) is 2. The van der Waals surface area contributed by atoms with Crippen LogP contribution in [0.15, 0.2) is 12.4 Å². The van der Waals surface area contributed by atoms with E-state index in [1.807, 2.05) is 0 Å². The molecule has 3 heteroatoms. The number of likely N-dealkylation sites (tertiary alicyclic amines) is 1. The van der Waals surface area contributed by atoms with Crippen LogP contribution in [0.25, 0.3) is 0 Å². The number of ketones is 1. The Morgan fingerprint density at radius 1 is 1.21 bits per heavy atom. The van der Waals surface area contributed by atoms with E-state index >= 15 is 0 Å². The SMILES string of the molecule is CN1CCCCC1CCn1cc2c(c1)C(=O)CCC2. The molecule has 0 amide bonds. The quantitative estimate of drug-likeness (QED) is 0.835. The van der Waals surface area contributed by atoms with E-state index in [4.69, 9.17) is 0 Å². The Labute approximate surface area is 115 Å². The summed E-state index contributed by atoms with van der Waals surface area (Å²) in [6.07, 6.45) is 12.4. The first-order valence-corrected chi connectivity index (χ1v) is 7.66. The van der Waals surface area contributed by atoms with Gasteiger partial charge in [0.25, 0.3) is 0 Å². The fourth-order valence-corrected chi connectivity index (χ4v) is 3.52. The number of fused-ring (bicyclic) bond motifs is 1. The molecule has 3 rings (SSSR count). The number of aryl methyl sites for hydroxylation is 2. The zero-order valence-electron chi connectivity index (χ0n) is 11.9. The fraction of sp³-hybridized carbons (Fsp3) is 0.688. The number of carbonyl (C=O) groups is 1. The molecular weight excluding hydrogens is 236 g/mol. The van der Waals surface area contributed by atoms with Crippen molar-refractivity contribution in [3.63, 3.8) is 0 Å². The second kappa shape index (κ2) is 5.49. The first-order valence-electron chi connectivity index (χ1n) is 7.66. The van der Waals surface area contributed by atoms with Gasteiger partial charge in [0.15, 0.2) is 5.78 Å². The van der Waals surface area contributed by atoms with Gasteiger partial charge in [0, 0.05) is 37.0 Å². The Morgan fingerprint density at radius 3 is 2.89 bits per heavy atom. The molecule has 0 bridgehead atoms. The maximum absolute atomic E-state index is 11.8. The summed E-state index contributed by atoms with van der Waals surface area (Å²) < 4.78 is 2.25. The summed E-state index contributed by atoms with van der Waals surface area (Å²) in [5.74, 6) is 0.342. The van der Waals surface area contributed by atoms with E-state index in [9.17, 15) is 4.79 Å². The molecule has 1 aliphatic heterocycles. The number of piperidine rings is 1. The Bertz CT molecular complexity index is 463. The van der Waals surface area contributed by atoms with Crippen LogP contribution in [-0.2, 0) is 13.0 Å². The summed E-state index contributed by atoms with van der Waals surface area (Å²) >= 11 is 0. The zero-order chi connectivity index (χ0) is 13.2. The lowest BCUT2D eigenvalue weighted by Crippen LogP contribution is -2.36. The normalized spacial score (nSPS) is 24.5. The van der Waals surface area contributed by atoms with Gasteiger partial charge < -0.3 is 9.47 Å². The lowest BCUT2D eigenvalue weighted by Gasteiger charge is -2.32. The van der Waals surface area contributed by atoms with E-state index in [2.05, 4.69) is 28.9 Å².